The van der Waals surface area contributed by atoms with E-state index < -0.39 is 0 Å². The Morgan fingerprint density at radius 3 is 2.29 bits per heavy atom. The molecule has 0 spiro atoms. The third-order valence-electron chi connectivity index (χ3n) is 1.71. The van der Waals surface area contributed by atoms with Crippen LogP contribution in [-0.2, 0) is 4.79 Å². The Kier molecular flexibility index (Phi) is 4.13. The van der Waals surface area contributed by atoms with E-state index in [1.165, 1.54) is 10.8 Å². The maximum atomic E-state index is 8.36. The molecule has 2 aromatic carbocycles. The first-order chi connectivity index (χ1) is 6.77. The van der Waals surface area contributed by atoms with Gasteiger partial charge in [-0.25, -0.2) is 0 Å². The van der Waals surface area contributed by atoms with Crippen LogP contribution in [0.2, 0.25) is 0 Å². The smallest absolute Gasteiger partial charge is 0.290 e. The number of rotatable bonds is 0. The highest BCUT2D eigenvalue weighted by Gasteiger charge is 1.90. The van der Waals surface area contributed by atoms with Gasteiger partial charge in [0.2, 0.25) is 0 Å². The zero-order chi connectivity index (χ0) is 10.4. The Morgan fingerprint density at radius 2 is 1.64 bits per heavy atom. The van der Waals surface area contributed by atoms with Crippen LogP contribution in [0, 0.1) is 0 Å². The molecule has 0 radical (unpaired) electrons. The summed E-state index contributed by atoms with van der Waals surface area (Å²) in [7, 11) is 0. The Balaban J connectivity index is 0.000000293. The van der Waals surface area contributed by atoms with E-state index in [-0.39, 0.29) is 6.47 Å². The molecule has 0 aromatic heterocycles. The molecule has 2 rings (SSSR count). The predicted molar refractivity (Wildman–Crippen MR) is 60.3 cm³/mol. The number of carboxylic acid groups (broad SMARTS) is 1. The van der Waals surface area contributed by atoms with Crippen molar-refractivity contribution in [2.45, 2.75) is 0 Å². The Morgan fingerprint density at radius 1 is 1.07 bits per heavy atom. The molecule has 0 saturated carbocycles. The molecule has 72 valence electrons. The first-order valence-corrected chi connectivity index (χ1v) is 4.79. The molecule has 14 heavy (non-hydrogen) atoms. The summed E-state index contributed by atoms with van der Waals surface area (Å²) in [5.41, 5.74) is 0. The van der Waals surface area contributed by atoms with Crippen LogP contribution in [-0.4, -0.2) is 11.6 Å². The van der Waals surface area contributed by atoms with E-state index in [4.69, 9.17) is 9.90 Å². The molecule has 3 heteroatoms. The zero-order valence-corrected chi connectivity index (χ0v) is 8.94. The number of hydrogen-bond acceptors (Lipinski definition) is 1. The number of fused-ring (bicyclic) bond motifs is 1. The zero-order valence-electron chi connectivity index (χ0n) is 7.35. The van der Waals surface area contributed by atoms with Crippen molar-refractivity contribution in [3.8, 4) is 0 Å². The van der Waals surface area contributed by atoms with Crippen molar-refractivity contribution in [2.24, 2.45) is 0 Å². The van der Waals surface area contributed by atoms with E-state index in [9.17, 15) is 0 Å². The fourth-order valence-electron chi connectivity index (χ4n) is 1.16. The number of hydrogen-bond donors (Lipinski definition) is 1. The molecule has 0 fully saturated rings. The molecule has 0 amide bonds. The summed E-state index contributed by atoms with van der Waals surface area (Å²) >= 11 is 3.43. The van der Waals surface area contributed by atoms with Gasteiger partial charge < -0.3 is 5.11 Å². The van der Waals surface area contributed by atoms with Gasteiger partial charge in [0, 0.05) is 4.47 Å². The Labute approximate surface area is 90.3 Å². The van der Waals surface area contributed by atoms with Gasteiger partial charge in [0.25, 0.3) is 6.47 Å². The Hall–Kier alpha value is -1.35. The molecular formula is C11H9BrO2. The minimum Gasteiger partial charge on any atom is -0.483 e. The van der Waals surface area contributed by atoms with Gasteiger partial charge in [0.15, 0.2) is 0 Å². The standard InChI is InChI=1S/C10H7Br.CH2O2/c11-10-6-5-8-3-1-2-4-9(8)7-10;2-1-3/h1-7H;1H,(H,2,3). The molecule has 0 aliphatic heterocycles. The van der Waals surface area contributed by atoms with Gasteiger partial charge in [-0.05, 0) is 22.9 Å². The van der Waals surface area contributed by atoms with E-state index in [1.54, 1.807) is 0 Å². The maximum Gasteiger partial charge on any atom is 0.290 e. The first-order valence-electron chi connectivity index (χ1n) is 4.00. The number of benzene rings is 2. The van der Waals surface area contributed by atoms with Crippen LogP contribution >= 0.6 is 15.9 Å². The molecule has 0 saturated heterocycles. The van der Waals surface area contributed by atoms with E-state index >= 15 is 0 Å². The molecule has 0 unspecified atom stereocenters. The SMILES string of the molecule is Brc1ccc2ccccc2c1.O=CO. The van der Waals surface area contributed by atoms with Gasteiger partial charge in [0.05, 0.1) is 0 Å². The Bertz CT molecular complexity index is 426. The molecule has 0 bridgehead atoms. The minimum absolute atomic E-state index is 0.250. The highest BCUT2D eigenvalue weighted by Crippen LogP contribution is 2.18. The van der Waals surface area contributed by atoms with Crippen molar-refractivity contribution >= 4 is 33.2 Å². The van der Waals surface area contributed by atoms with Gasteiger partial charge in [-0.3, -0.25) is 4.79 Å². The molecule has 2 aromatic rings. The predicted octanol–water partition coefficient (Wildman–Crippen LogP) is 3.30. The lowest BCUT2D eigenvalue weighted by atomic mass is 10.1. The van der Waals surface area contributed by atoms with Crippen LogP contribution in [0.3, 0.4) is 0 Å². The molecule has 0 aliphatic carbocycles. The van der Waals surface area contributed by atoms with Crippen LogP contribution in [0.1, 0.15) is 0 Å². The lowest BCUT2D eigenvalue weighted by Crippen LogP contribution is -1.69. The van der Waals surface area contributed by atoms with Crippen LogP contribution in [0.5, 0.6) is 0 Å². The molecule has 2 nitrogen and oxygen atoms in total. The summed E-state index contributed by atoms with van der Waals surface area (Å²) in [6.07, 6.45) is 0. The van der Waals surface area contributed by atoms with Crippen LogP contribution in [0.25, 0.3) is 10.8 Å². The van der Waals surface area contributed by atoms with Crippen LogP contribution in [0.15, 0.2) is 46.9 Å². The second-order valence-electron chi connectivity index (χ2n) is 2.60. The third-order valence-corrected chi connectivity index (χ3v) is 2.20. The van der Waals surface area contributed by atoms with E-state index in [0.717, 1.165) is 4.47 Å². The van der Waals surface area contributed by atoms with Crippen LogP contribution < -0.4 is 0 Å². The largest absolute Gasteiger partial charge is 0.483 e. The average molecular weight is 253 g/mol. The summed E-state index contributed by atoms with van der Waals surface area (Å²) in [6.45, 7) is -0.250. The molecule has 0 aliphatic rings. The fraction of sp³-hybridized carbons (Fsp3) is 0. The van der Waals surface area contributed by atoms with E-state index in [1.807, 2.05) is 0 Å². The molecular weight excluding hydrogens is 244 g/mol. The average Bonchev–Trinajstić information content (AvgIpc) is 2.19. The second-order valence-corrected chi connectivity index (χ2v) is 3.51. The molecule has 0 atom stereocenters. The van der Waals surface area contributed by atoms with E-state index in [2.05, 4.69) is 58.4 Å². The van der Waals surface area contributed by atoms with Gasteiger partial charge in [-0.1, -0.05) is 46.3 Å². The van der Waals surface area contributed by atoms with Crippen molar-refractivity contribution in [2.75, 3.05) is 0 Å². The molecule has 1 N–H and O–H groups in total. The lowest BCUT2D eigenvalue weighted by molar-refractivity contribution is -0.122. The first kappa shape index (κ1) is 10.7. The maximum absolute atomic E-state index is 8.36. The van der Waals surface area contributed by atoms with Crippen molar-refractivity contribution < 1.29 is 9.90 Å². The van der Waals surface area contributed by atoms with Crippen molar-refractivity contribution in [3.05, 3.63) is 46.9 Å². The van der Waals surface area contributed by atoms with Crippen molar-refractivity contribution in [3.63, 3.8) is 0 Å². The number of halogens is 1. The van der Waals surface area contributed by atoms with Crippen molar-refractivity contribution in [1.82, 2.24) is 0 Å². The van der Waals surface area contributed by atoms with E-state index in [0.29, 0.717) is 0 Å². The van der Waals surface area contributed by atoms with Crippen LogP contribution in [0.4, 0.5) is 0 Å². The minimum atomic E-state index is -0.250. The lowest BCUT2D eigenvalue weighted by Gasteiger charge is -1.95. The summed E-state index contributed by atoms with van der Waals surface area (Å²) in [6, 6.07) is 14.6. The normalized spacial score (nSPS) is 8.93. The fourth-order valence-corrected chi connectivity index (χ4v) is 1.54. The van der Waals surface area contributed by atoms with Gasteiger partial charge in [-0.15, -0.1) is 0 Å². The highest BCUT2D eigenvalue weighted by molar-refractivity contribution is 9.10. The van der Waals surface area contributed by atoms with Gasteiger partial charge in [0.1, 0.15) is 0 Å². The third kappa shape index (κ3) is 2.85. The summed E-state index contributed by atoms with van der Waals surface area (Å²) in [5, 5.41) is 9.46. The molecule has 0 heterocycles. The summed E-state index contributed by atoms with van der Waals surface area (Å²) < 4.78 is 1.14. The second kappa shape index (κ2) is 5.40. The monoisotopic (exact) mass is 252 g/mol. The highest BCUT2D eigenvalue weighted by atomic mass is 79.9. The summed E-state index contributed by atoms with van der Waals surface area (Å²) in [4.78, 5) is 8.36. The van der Waals surface area contributed by atoms with Gasteiger partial charge >= 0.3 is 0 Å². The topological polar surface area (TPSA) is 37.3 Å². The summed E-state index contributed by atoms with van der Waals surface area (Å²) in [5.74, 6) is 0. The van der Waals surface area contributed by atoms with Gasteiger partial charge in [-0.2, -0.15) is 0 Å². The quantitative estimate of drug-likeness (QED) is 0.731. The van der Waals surface area contributed by atoms with Crippen molar-refractivity contribution in [1.29, 1.82) is 0 Å². The number of carbonyl (C=O) groups is 1.